The first kappa shape index (κ1) is 24.3. The molecule has 0 aliphatic rings. The van der Waals surface area contributed by atoms with Gasteiger partial charge < -0.3 is 5.11 Å². The molecule has 0 atom stereocenters. The Morgan fingerprint density at radius 2 is 1.79 bits per heavy atom. The van der Waals surface area contributed by atoms with Crippen molar-refractivity contribution >= 4 is 40.6 Å². The summed E-state index contributed by atoms with van der Waals surface area (Å²) < 4.78 is 39.6. The zero-order valence-electron chi connectivity index (χ0n) is 17.7. The van der Waals surface area contributed by atoms with Gasteiger partial charge in [0.25, 0.3) is 5.56 Å². The van der Waals surface area contributed by atoms with Gasteiger partial charge in [0.2, 0.25) is 11.9 Å². The van der Waals surface area contributed by atoms with Gasteiger partial charge in [0.1, 0.15) is 0 Å². The van der Waals surface area contributed by atoms with Crippen molar-refractivity contribution in [2.75, 3.05) is 10.2 Å². The third kappa shape index (κ3) is 5.33. The fraction of sp³-hybridized carbons (Fsp3) is 0.250. The van der Waals surface area contributed by atoms with E-state index in [0.29, 0.717) is 4.90 Å². The van der Waals surface area contributed by atoms with E-state index >= 15 is 0 Å². The van der Waals surface area contributed by atoms with Crippen molar-refractivity contribution in [3.63, 3.8) is 0 Å². The molecule has 2 heterocycles. The highest BCUT2D eigenvalue weighted by Gasteiger charge is 2.43. The van der Waals surface area contributed by atoms with Gasteiger partial charge in [-0.25, -0.2) is 14.8 Å². The van der Waals surface area contributed by atoms with Crippen LogP contribution < -0.4 is 15.8 Å². The Bertz CT molecular complexity index is 1320. The third-order valence-electron chi connectivity index (χ3n) is 4.47. The van der Waals surface area contributed by atoms with Gasteiger partial charge in [-0.1, -0.05) is 13.8 Å². The number of aromatic carboxylic acids is 1. The second kappa shape index (κ2) is 9.25. The molecule has 178 valence electrons. The number of hydrogen-bond acceptors (Lipinski definition) is 7. The first-order chi connectivity index (χ1) is 15.9. The molecular formula is C20H17F3N6O5. The average Bonchev–Trinajstić information content (AvgIpc) is 2.76. The smallest absolute Gasteiger partial charge is 0.471 e. The van der Waals surface area contributed by atoms with Crippen molar-refractivity contribution in [2.24, 2.45) is 5.92 Å². The Hall–Kier alpha value is -4.36. The quantitative estimate of drug-likeness (QED) is 0.486. The lowest BCUT2D eigenvalue weighted by Crippen LogP contribution is -2.41. The maximum absolute atomic E-state index is 13.2. The van der Waals surface area contributed by atoms with Gasteiger partial charge in [-0.15, -0.1) is 0 Å². The van der Waals surface area contributed by atoms with E-state index in [9.17, 15) is 32.3 Å². The Kier molecular flexibility index (Phi) is 6.61. The molecule has 0 fully saturated rings. The number of carbonyl (C=O) groups excluding carboxylic acids is 2. The van der Waals surface area contributed by atoms with Crippen LogP contribution in [0.4, 0.5) is 24.8 Å². The predicted molar refractivity (Wildman–Crippen MR) is 112 cm³/mol. The molecule has 0 radical (unpaired) electrons. The summed E-state index contributed by atoms with van der Waals surface area (Å²) in [5, 5.41) is 11.4. The van der Waals surface area contributed by atoms with Gasteiger partial charge in [-0.05, 0) is 24.3 Å². The Morgan fingerprint density at radius 3 is 2.35 bits per heavy atom. The van der Waals surface area contributed by atoms with Crippen LogP contribution in [0.25, 0.3) is 11.2 Å². The van der Waals surface area contributed by atoms with Crippen molar-refractivity contribution < 1.29 is 32.7 Å². The summed E-state index contributed by atoms with van der Waals surface area (Å²) in [4.78, 5) is 61.7. The number of rotatable bonds is 6. The number of hydrogen-bond donors (Lipinski definition) is 3. The number of aromatic nitrogens is 4. The van der Waals surface area contributed by atoms with E-state index in [2.05, 4.69) is 25.3 Å². The van der Waals surface area contributed by atoms with Crippen LogP contribution in [0.5, 0.6) is 0 Å². The highest BCUT2D eigenvalue weighted by atomic mass is 19.4. The minimum atomic E-state index is -5.24. The van der Waals surface area contributed by atoms with E-state index in [-0.39, 0.29) is 34.1 Å². The average molecular weight is 478 g/mol. The van der Waals surface area contributed by atoms with Crippen LogP contribution in [0.1, 0.15) is 29.9 Å². The van der Waals surface area contributed by atoms with E-state index < -0.39 is 42.0 Å². The zero-order chi connectivity index (χ0) is 25.2. The first-order valence-electron chi connectivity index (χ1n) is 9.65. The number of carboxylic acid groups (broad SMARTS) is 1. The normalized spacial score (nSPS) is 11.5. The van der Waals surface area contributed by atoms with Crippen molar-refractivity contribution in [3.05, 3.63) is 52.1 Å². The number of alkyl halides is 3. The lowest BCUT2D eigenvalue weighted by Gasteiger charge is -2.23. The molecule has 0 saturated heterocycles. The van der Waals surface area contributed by atoms with Crippen molar-refractivity contribution in [1.29, 1.82) is 0 Å². The third-order valence-corrected chi connectivity index (χ3v) is 4.47. The number of benzene rings is 1. The highest BCUT2D eigenvalue weighted by Crippen LogP contribution is 2.26. The fourth-order valence-electron chi connectivity index (χ4n) is 2.73. The number of H-pyrrole nitrogens is 1. The van der Waals surface area contributed by atoms with Crippen molar-refractivity contribution in [3.8, 4) is 0 Å². The van der Waals surface area contributed by atoms with Crippen LogP contribution in [-0.4, -0.2) is 49.0 Å². The van der Waals surface area contributed by atoms with E-state index in [1.807, 2.05) is 0 Å². The molecule has 3 rings (SSSR count). The highest BCUT2D eigenvalue weighted by molar-refractivity contribution is 5.98. The first-order valence-corrected chi connectivity index (χ1v) is 9.65. The molecule has 0 spiro atoms. The maximum Gasteiger partial charge on any atom is 0.471 e. The molecule has 11 nitrogen and oxygen atoms in total. The van der Waals surface area contributed by atoms with E-state index in [0.717, 1.165) is 30.5 Å². The van der Waals surface area contributed by atoms with Crippen LogP contribution in [-0.2, 0) is 16.1 Å². The molecule has 0 aliphatic heterocycles. The van der Waals surface area contributed by atoms with Crippen LogP contribution in [0.2, 0.25) is 0 Å². The standard InChI is InChI=1S/C20H17F3N6O5/c1-9(2)15(30)27-19-26-14-13(16(31)28-19)25-11(7-24-14)8-29(18(34)20(21,22)23)12-5-3-10(4-6-12)17(32)33/h3-7,9H,8H2,1-2H3,(H,32,33)(H2,24,26,27,28,30,31). The Morgan fingerprint density at radius 1 is 1.15 bits per heavy atom. The number of carbonyl (C=O) groups is 3. The van der Waals surface area contributed by atoms with Crippen molar-refractivity contribution in [1.82, 2.24) is 19.9 Å². The van der Waals surface area contributed by atoms with Gasteiger partial charge in [-0.2, -0.15) is 18.2 Å². The van der Waals surface area contributed by atoms with E-state index in [1.165, 1.54) is 0 Å². The molecule has 2 amide bonds. The summed E-state index contributed by atoms with van der Waals surface area (Å²) in [6.45, 7) is 2.53. The number of amides is 2. The second-order valence-corrected chi connectivity index (χ2v) is 7.33. The molecule has 0 bridgehead atoms. The number of anilines is 2. The minimum Gasteiger partial charge on any atom is -0.478 e. The van der Waals surface area contributed by atoms with Gasteiger partial charge in [0, 0.05) is 11.6 Å². The summed E-state index contributed by atoms with van der Waals surface area (Å²) >= 11 is 0. The molecule has 34 heavy (non-hydrogen) atoms. The molecule has 2 aromatic heterocycles. The molecule has 14 heteroatoms. The molecule has 0 aliphatic carbocycles. The molecule has 3 N–H and O–H groups in total. The van der Waals surface area contributed by atoms with Crippen LogP contribution in [0.3, 0.4) is 0 Å². The SMILES string of the molecule is CC(C)C(=O)Nc1nc2ncc(CN(C(=O)C(F)(F)F)c3ccc(C(=O)O)cc3)nc2c(=O)[nH]1. The molecule has 0 saturated carbocycles. The number of carboxylic acids is 1. The monoisotopic (exact) mass is 478 g/mol. The topological polar surface area (TPSA) is 158 Å². The second-order valence-electron chi connectivity index (χ2n) is 7.33. The van der Waals surface area contributed by atoms with Crippen LogP contribution >= 0.6 is 0 Å². The molecule has 3 aromatic rings. The van der Waals surface area contributed by atoms with Crippen LogP contribution in [0.15, 0.2) is 35.3 Å². The summed E-state index contributed by atoms with van der Waals surface area (Å²) in [6, 6.07) is 4.17. The summed E-state index contributed by atoms with van der Waals surface area (Å²) in [7, 11) is 0. The van der Waals surface area contributed by atoms with Crippen molar-refractivity contribution in [2.45, 2.75) is 26.6 Å². The number of aromatic amines is 1. The Balaban J connectivity index is 1.97. The summed E-state index contributed by atoms with van der Waals surface area (Å²) in [6.07, 6.45) is -4.20. The summed E-state index contributed by atoms with van der Waals surface area (Å²) in [5.74, 6) is -4.50. The summed E-state index contributed by atoms with van der Waals surface area (Å²) in [5.41, 5.74) is -1.90. The Labute approximate surface area is 188 Å². The fourth-order valence-corrected chi connectivity index (χ4v) is 2.73. The zero-order valence-corrected chi connectivity index (χ0v) is 17.7. The molecule has 0 unspecified atom stereocenters. The number of halogens is 3. The minimum absolute atomic E-state index is 0.168. The number of nitrogens with zero attached hydrogens (tertiary/aromatic N) is 4. The lowest BCUT2D eigenvalue weighted by atomic mass is 10.2. The van der Waals surface area contributed by atoms with E-state index in [4.69, 9.17) is 5.11 Å². The van der Waals surface area contributed by atoms with Crippen LogP contribution in [0, 0.1) is 5.92 Å². The maximum atomic E-state index is 13.2. The van der Waals surface area contributed by atoms with Gasteiger partial charge in [0.15, 0.2) is 11.2 Å². The molecular weight excluding hydrogens is 461 g/mol. The van der Waals surface area contributed by atoms with Gasteiger partial charge in [-0.3, -0.25) is 29.6 Å². The predicted octanol–water partition coefficient (Wildman–Crippen LogP) is 2.10. The van der Waals surface area contributed by atoms with Gasteiger partial charge >= 0.3 is 18.1 Å². The number of nitrogens with one attached hydrogen (secondary N) is 2. The number of fused-ring (bicyclic) bond motifs is 1. The van der Waals surface area contributed by atoms with Gasteiger partial charge in [0.05, 0.1) is 24.0 Å². The molecule has 1 aromatic carbocycles. The lowest BCUT2D eigenvalue weighted by molar-refractivity contribution is -0.170. The largest absolute Gasteiger partial charge is 0.478 e. The van der Waals surface area contributed by atoms with E-state index in [1.54, 1.807) is 13.8 Å².